The van der Waals surface area contributed by atoms with Crippen molar-refractivity contribution in [3.8, 4) is 12.3 Å². The van der Waals surface area contributed by atoms with Crippen LogP contribution in [0.25, 0.3) is 0 Å². The summed E-state index contributed by atoms with van der Waals surface area (Å²) in [6, 6.07) is -3.49. The van der Waals surface area contributed by atoms with Gasteiger partial charge in [0.05, 0.1) is 36.3 Å². The lowest BCUT2D eigenvalue weighted by Gasteiger charge is -2.38. The minimum Gasteiger partial charge on any atom is -0.447 e. The Kier molecular flexibility index (Phi) is 37.8. The number of nitrogens with two attached hydrogens (primary N) is 2. The maximum Gasteiger partial charge on any atom is 0.411 e. The van der Waals surface area contributed by atoms with E-state index in [0.717, 1.165) is 70.6 Å². The molecule has 39 heteroatoms. The predicted octanol–water partition coefficient (Wildman–Crippen LogP) is 7.91. The third-order valence-corrected chi connectivity index (χ3v) is 30.6. The summed E-state index contributed by atoms with van der Waals surface area (Å²) in [4.78, 5) is 241. The van der Waals surface area contributed by atoms with Crippen LogP contribution >= 0.6 is 0 Å². The van der Waals surface area contributed by atoms with Crippen molar-refractivity contribution in [1.82, 2.24) is 78.5 Å². The molecule has 7 saturated carbocycles. The van der Waals surface area contributed by atoms with Crippen molar-refractivity contribution in [2.24, 2.45) is 114 Å². The van der Waals surface area contributed by atoms with Crippen LogP contribution in [0.15, 0.2) is 43.0 Å². The van der Waals surface area contributed by atoms with E-state index in [1.54, 1.807) is 36.1 Å². The number of piperidine rings is 3. The molecule has 18 amide bonds. The number of Topliss-reactive ketones (excluding diaryl/α,β-unsaturated/α-hetero) is 3. The van der Waals surface area contributed by atoms with Gasteiger partial charge in [0.15, 0.2) is 0 Å². The molecule has 3 aliphatic heterocycles. The van der Waals surface area contributed by atoms with E-state index >= 15 is 0 Å². The fourth-order valence-electron chi connectivity index (χ4n) is 20.4. The lowest BCUT2D eigenvalue weighted by molar-refractivity contribution is -0.145. The van der Waals surface area contributed by atoms with Crippen LogP contribution in [0, 0.1) is 115 Å². The first kappa shape index (κ1) is 115. The zero-order valence-electron chi connectivity index (χ0n) is 88.0. The van der Waals surface area contributed by atoms with Crippen LogP contribution < -0.4 is 80.6 Å². The number of amides is 18. The molecule has 3 heterocycles. The number of carbonyl (C=O) groups is 18. The first-order valence-electron chi connectivity index (χ1n) is 50.9. The van der Waals surface area contributed by atoms with E-state index in [2.05, 4.69) is 95.5 Å². The van der Waals surface area contributed by atoms with Gasteiger partial charge in [-0.3, -0.25) is 62.9 Å². The van der Waals surface area contributed by atoms with E-state index in [9.17, 15) is 86.3 Å². The fourth-order valence-corrected chi connectivity index (χ4v) is 20.4. The third-order valence-electron chi connectivity index (χ3n) is 30.6. The normalized spacial score (nSPS) is 23.8. The van der Waals surface area contributed by atoms with Crippen LogP contribution in [0.3, 0.4) is 0 Å². The number of ether oxygens (including phenoxy) is 3. The molecule has 143 heavy (non-hydrogen) atoms. The second kappa shape index (κ2) is 47.0. The van der Waals surface area contributed by atoms with Crippen LogP contribution in [0.2, 0.25) is 0 Å². The summed E-state index contributed by atoms with van der Waals surface area (Å²) in [7, 11) is 0. The number of nitrogens with one attached hydrogen (secondary N) is 13. The molecule has 794 valence electrons. The second-order valence-corrected chi connectivity index (χ2v) is 48.0. The Hall–Kier alpha value is -11.6. The Bertz CT molecular complexity index is 4880. The standard InChI is InChI=1S/C36H56N6O7.C35H52N6O7.C33H54N6O7/c1-9-12-18-24(29(43)31(45)38-19-10-2)39-30(44)28-26-23(36(26,7)8)20-42(28)32(46)27(22-16-14-13-15-17-22)41-33(47)40-25(35(4,5)6)21-49-34(48)37-11-3;1-33(2,3)23(18-48-32(47)37-20-12-10-9-11-13-20)39-31(46)40-27(34(4,5)6)30(45)41-17-21-24(35(21,7)8)25(41)29(44)38-22(16-19-14-15-19)26(42)28(36)43;1-31(2,3)21(16-46-30(45)35-14-18-11-12-18)37-29(44)38-25(32(4,5)6)28(43)39-15-19-22(33(19,7)8)23(39)27(42)36-20(13-17-9-10-17)24(40)26(34)41/h1,10,22-28H,2,11-21H2,3-8H3,(H,37,48)(H,38,45)(H,39,44)(H2,40,41,47);9-13,19,21-25,27H,14-18H2,1-8H3,(H2,36,43)(H,37,47)(H,38,44)(H2,39,40,46);17-23,25H,9-16H2,1-8H3,(H2,34,41)(H,35,45)(H,36,42)(H2,37,38,44)/t23-,24?,25+,26-,27-,28-;21-,22?,23+,24-,25-,27+;19-,20?,21+,22-,23-,25+/m000/s1. The summed E-state index contributed by atoms with van der Waals surface area (Å²) >= 11 is 0. The monoisotopic (exact) mass is 2000 g/mol. The summed E-state index contributed by atoms with van der Waals surface area (Å²) in [5.74, 6) is -5.25. The Morgan fingerprint density at radius 1 is 0.448 bits per heavy atom. The largest absolute Gasteiger partial charge is 0.447 e. The van der Waals surface area contributed by atoms with Gasteiger partial charge in [0, 0.05) is 51.4 Å². The molecule has 17 N–H and O–H groups in total. The molecule has 39 nitrogen and oxygen atoms in total. The second-order valence-electron chi connectivity index (χ2n) is 48.0. The molecule has 0 bridgehead atoms. The average molecular weight is 2000 g/mol. The maximum atomic E-state index is 14.5. The van der Waals surface area contributed by atoms with Crippen LogP contribution in [-0.2, 0) is 71.7 Å². The molecule has 18 atom stereocenters. The number of benzene rings is 1. The van der Waals surface area contributed by atoms with Crippen LogP contribution in [-0.4, -0.2) is 253 Å². The highest BCUT2D eigenvalue weighted by Gasteiger charge is 2.73. The summed E-state index contributed by atoms with van der Waals surface area (Å²) in [6.07, 6.45) is 16.2. The summed E-state index contributed by atoms with van der Waals surface area (Å²) in [6.45, 7) is 47.5. The van der Waals surface area contributed by atoms with Crippen LogP contribution in [0.1, 0.15) is 249 Å². The van der Waals surface area contributed by atoms with Gasteiger partial charge in [-0.05, 0) is 167 Å². The SMILES string of the molecule is C#CCCC(NC(=O)[C@@H]1[C@@H]2[C@H](CN1C(=O)[C@@H](NC(=O)N[C@H](COC(=O)NCC)C(C)(C)C)C1CCCCC1)C2(C)C)C(=O)C(=O)NCC=C.CC(C)(C)[C@H](NC(=O)N[C@H](COC(=O)NCC1CC1)C(C)(C)C)C(=O)N1C[C@H]2[C@@H]([C@H]1C(=O)NC(CC1CC1)C(=O)C(N)=O)C2(C)C.CC(C)(C)[C@H](NC(=O)N[C@H](COC(=O)Nc1ccccc1)C(C)(C)C)C(=O)N1C[C@H]2[C@@H]([C@H]1C(=O)NC(CC1CC1)C(=O)C(N)=O)C2(C)C. The quantitative estimate of drug-likeness (QED) is 0.0128. The Morgan fingerprint density at radius 3 is 1.16 bits per heavy atom. The first-order valence-corrected chi connectivity index (χ1v) is 50.9. The van der Waals surface area contributed by atoms with Crippen LogP contribution in [0.4, 0.5) is 34.5 Å². The fraction of sp³-hybridized carbons (Fsp3) is 0.731. The minimum absolute atomic E-state index is 0.0551. The number of primary amides is 2. The number of carbonyl (C=O) groups excluding carboxylic acids is 18. The molecule has 0 spiro atoms. The molecule has 3 unspecified atom stereocenters. The van der Waals surface area contributed by atoms with E-state index in [-0.39, 0.29) is 115 Å². The molecule has 10 fully saturated rings. The molecule has 0 aromatic heterocycles. The molecule has 7 aliphatic carbocycles. The topological polar surface area (TPSA) is 553 Å². The summed E-state index contributed by atoms with van der Waals surface area (Å²) < 4.78 is 16.2. The number of likely N-dealkylation sites (tertiary alicyclic amines) is 3. The van der Waals surface area contributed by atoms with E-state index in [1.165, 1.54) is 15.9 Å². The van der Waals surface area contributed by atoms with Gasteiger partial charge >= 0.3 is 36.4 Å². The third kappa shape index (κ3) is 30.7. The van der Waals surface area contributed by atoms with Crippen molar-refractivity contribution in [1.29, 1.82) is 0 Å². The molecule has 1 aromatic carbocycles. The van der Waals surface area contributed by atoms with E-state index in [1.807, 2.05) is 138 Å². The smallest absolute Gasteiger partial charge is 0.411 e. The van der Waals surface area contributed by atoms with Crippen LogP contribution in [0.5, 0.6) is 0 Å². The molecular weight excluding hydrogens is 1840 g/mol. The zero-order chi connectivity index (χ0) is 107. The molecule has 10 aliphatic rings. The number of alkyl carbamates (subject to hydrolysis) is 2. The van der Waals surface area contributed by atoms with Crippen molar-refractivity contribution in [2.45, 2.75) is 321 Å². The number of ketones is 3. The Labute approximate surface area is 842 Å². The van der Waals surface area contributed by atoms with Crippen molar-refractivity contribution in [3.05, 3.63) is 43.0 Å². The van der Waals surface area contributed by atoms with Crippen molar-refractivity contribution in [3.63, 3.8) is 0 Å². The number of terminal acetylenes is 1. The number of fused-ring (bicyclic) bond motifs is 3. The molecule has 0 radical (unpaired) electrons. The number of hydrogen-bond donors (Lipinski definition) is 15. The van der Waals surface area contributed by atoms with Crippen molar-refractivity contribution >= 4 is 113 Å². The number of anilines is 1. The maximum absolute atomic E-state index is 14.5. The van der Waals surface area contributed by atoms with Gasteiger partial charge in [-0.15, -0.1) is 18.9 Å². The highest BCUT2D eigenvalue weighted by molar-refractivity contribution is 6.39. The summed E-state index contributed by atoms with van der Waals surface area (Å²) in [5, 5.41) is 36.0. The lowest BCUT2D eigenvalue weighted by Crippen LogP contribution is -2.62. The van der Waals surface area contributed by atoms with Gasteiger partial charge in [0.25, 0.3) is 17.7 Å². The number of para-hydroxylation sites is 1. The Balaban J connectivity index is 0.000000239. The Morgan fingerprint density at radius 2 is 0.811 bits per heavy atom. The molecule has 1 aromatic rings. The highest BCUT2D eigenvalue weighted by Crippen LogP contribution is 2.67. The van der Waals surface area contributed by atoms with Gasteiger partial charge in [-0.2, -0.15) is 0 Å². The molecule has 3 saturated heterocycles. The first-order chi connectivity index (χ1) is 66.5. The van der Waals surface area contributed by atoms with E-state index in [4.69, 9.17) is 32.1 Å². The van der Waals surface area contributed by atoms with Gasteiger partial charge in [0.1, 0.15) is 56.1 Å². The number of rotatable bonds is 40. The number of urea groups is 3. The van der Waals surface area contributed by atoms with E-state index in [0.29, 0.717) is 57.2 Å². The average Bonchev–Trinajstić information content (AvgIpc) is 1.53. The van der Waals surface area contributed by atoms with Gasteiger partial charge in [-0.1, -0.05) is 215 Å². The van der Waals surface area contributed by atoms with Gasteiger partial charge in [-0.25, -0.2) is 28.8 Å². The highest BCUT2D eigenvalue weighted by atomic mass is 16.6. The zero-order valence-corrected chi connectivity index (χ0v) is 88.0. The number of hydrogen-bond acceptors (Lipinski definition) is 21. The summed E-state index contributed by atoms with van der Waals surface area (Å²) in [5.41, 5.74) is 7.60. The molecule has 11 rings (SSSR count). The van der Waals surface area contributed by atoms with E-state index < -0.39 is 201 Å². The van der Waals surface area contributed by atoms with Gasteiger partial charge in [0.2, 0.25) is 52.8 Å². The minimum atomic E-state index is -1.17. The molecular formula is C104H162N18O21. The van der Waals surface area contributed by atoms with Gasteiger partial charge < -0.3 is 104 Å². The predicted molar refractivity (Wildman–Crippen MR) is 534 cm³/mol. The van der Waals surface area contributed by atoms with Crippen molar-refractivity contribution in [2.75, 3.05) is 64.4 Å². The van der Waals surface area contributed by atoms with Crippen molar-refractivity contribution < 1.29 is 101 Å². The number of nitrogens with zero attached hydrogens (tertiary/aromatic N) is 3. The lowest BCUT2D eigenvalue weighted by atomic mass is 9.83.